The van der Waals surface area contributed by atoms with Crippen LogP contribution in [0.2, 0.25) is 0 Å². The highest BCUT2D eigenvalue weighted by Gasteiger charge is 2.20. The molecule has 2 aromatic carbocycles. The molecule has 26 heavy (non-hydrogen) atoms. The number of non-ortho nitro benzene ring substituents is 1. The van der Waals surface area contributed by atoms with E-state index in [1.165, 1.54) is 12.1 Å². The maximum atomic E-state index is 12.2. The third-order valence-electron chi connectivity index (χ3n) is 3.38. The summed E-state index contributed by atoms with van der Waals surface area (Å²) in [4.78, 5) is 21.6. The molecule has 0 unspecified atom stereocenters. The van der Waals surface area contributed by atoms with E-state index in [0.717, 1.165) is 11.6 Å². The molecule has 0 aromatic heterocycles. The molecule has 1 amide bonds. The number of halogens is 1. The Balaban J connectivity index is 1.91. The molecule has 2 aromatic rings. The quantitative estimate of drug-likeness (QED) is 0.479. The van der Waals surface area contributed by atoms with E-state index in [-0.39, 0.29) is 15.1 Å². The zero-order valence-electron chi connectivity index (χ0n) is 13.5. The number of carbonyl (C=O) groups excluding carboxylic acids is 1. The van der Waals surface area contributed by atoms with E-state index in [4.69, 9.17) is 0 Å². The SMILES string of the molecule is O=C(CNS(=O)(=O)c1cc(Br)cc([N+](=O)[O-])c1)NCCc1ccccc1. The molecule has 0 atom stereocenters. The van der Waals surface area contributed by atoms with Gasteiger partial charge < -0.3 is 5.32 Å². The van der Waals surface area contributed by atoms with Crippen molar-refractivity contribution in [3.63, 3.8) is 0 Å². The van der Waals surface area contributed by atoms with E-state index >= 15 is 0 Å². The van der Waals surface area contributed by atoms with E-state index in [2.05, 4.69) is 26.0 Å². The maximum absolute atomic E-state index is 12.2. The zero-order valence-corrected chi connectivity index (χ0v) is 15.9. The number of sulfonamides is 1. The third kappa shape index (κ3) is 5.90. The number of rotatable bonds is 8. The number of benzene rings is 2. The molecule has 0 radical (unpaired) electrons. The molecule has 0 heterocycles. The van der Waals surface area contributed by atoms with Gasteiger partial charge in [0.15, 0.2) is 0 Å². The van der Waals surface area contributed by atoms with Crippen molar-refractivity contribution in [2.45, 2.75) is 11.3 Å². The first-order chi connectivity index (χ1) is 12.3. The summed E-state index contributed by atoms with van der Waals surface area (Å²) in [6.07, 6.45) is 0.622. The molecule has 138 valence electrons. The molecule has 2 rings (SSSR count). The first-order valence-corrected chi connectivity index (χ1v) is 9.81. The van der Waals surface area contributed by atoms with E-state index < -0.39 is 27.4 Å². The minimum absolute atomic E-state index is 0.249. The van der Waals surface area contributed by atoms with Gasteiger partial charge in [-0.2, -0.15) is 0 Å². The summed E-state index contributed by atoms with van der Waals surface area (Å²) in [6.45, 7) is -0.0929. The molecule has 0 saturated heterocycles. The summed E-state index contributed by atoms with van der Waals surface area (Å²) in [5, 5.41) is 13.5. The summed E-state index contributed by atoms with van der Waals surface area (Å²) < 4.78 is 26.8. The van der Waals surface area contributed by atoms with Crippen LogP contribution in [0.1, 0.15) is 5.56 Å². The number of carbonyl (C=O) groups is 1. The van der Waals surface area contributed by atoms with E-state index in [9.17, 15) is 23.3 Å². The normalized spacial score (nSPS) is 11.1. The monoisotopic (exact) mass is 441 g/mol. The Morgan fingerprint density at radius 1 is 1.15 bits per heavy atom. The lowest BCUT2D eigenvalue weighted by atomic mass is 10.1. The van der Waals surface area contributed by atoms with Crippen LogP contribution >= 0.6 is 15.9 Å². The average molecular weight is 442 g/mol. The lowest BCUT2D eigenvalue weighted by Crippen LogP contribution is -2.37. The Labute approximate surface area is 158 Å². The van der Waals surface area contributed by atoms with Crippen LogP contribution in [0, 0.1) is 10.1 Å². The summed E-state index contributed by atoms with van der Waals surface area (Å²) in [7, 11) is -4.06. The highest BCUT2D eigenvalue weighted by Crippen LogP contribution is 2.24. The summed E-state index contributed by atoms with van der Waals surface area (Å²) in [5.41, 5.74) is 0.682. The van der Waals surface area contributed by atoms with Crippen LogP contribution in [0.5, 0.6) is 0 Å². The molecule has 0 spiro atoms. The number of hydrogen-bond acceptors (Lipinski definition) is 5. The lowest BCUT2D eigenvalue weighted by Gasteiger charge is -2.08. The van der Waals surface area contributed by atoms with Crippen molar-refractivity contribution in [3.8, 4) is 0 Å². The molecule has 0 saturated carbocycles. The Kier molecular flexibility index (Phi) is 6.83. The second kappa shape index (κ2) is 8.88. The van der Waals surface area contributed by atoms with E-state index in [0.29, 0.717) is 13.0 Å². The van der Waals surface area contributed by atoms with Crippen molar-refractivity contribution >= 4 is 37.5 Å². The first kappa shape index (κ1) is 20.0. The summed E-state index contributed by atoms with van der Waals surface area (Å²) in [5.74, 6) is -0.492. The lowest BCUT2D eigenvalue weighted by molar-refractivity contribution is -0.385. The number of amides is 1. The Morgan fingerprint density at radius 3 is 2.50 bits per heavy atom. The van der Waals surface area contributed by atoms with Gasteiger partial charge >= 0.3 is 0 Å². The minimum Gasteiger partial charge on any atom is -0.355 e. The fourth-order valence-electron chi connectivity index (χ4n) is 2.11. The van der Waals surface area contributed by atoms with Gasteiger partial charge in [0.1, 0.15) is 0 Å². The van der Waals surface area contributed by atoms with Crippen molar-refractivity contribution in [2.75, 3.05) is 13.1 Å². The number of nitrogens with one attached hydrogen (secondary N) is 2. The number of nitro groups is 1. The molecule has 0 aliphatic carbocycles. The van der Waals surface area contributed by atoms with Crippen molar-refractivity contribution in [3.05, 3.63) is 68.7 Å². The molecule has 0 aliphatic rings. The largest absolute Gasteiger partial charge is 0.355 e. The first-order valence-electron chi connectivity index (χ1n) is 7.53. The third-order valence-corrected chi connectivity index (χ3v) is 5.22. The second-order valence-electron chi connectivity index (χ2n) is 5.31. The van der Waals surface area contributed by atoms with Gasteiger partial charge in [0, 0.05) is 23.2 Å². The Hall–Kier alpha value is -2.30. The molecule has 0 bridgehead atoms. The highest BCUT2D eigenvalue weighted by molar-refractivity contribution is 9.10. The standard InChI is InChI=1S/C16H16BrN3O5S/c17-13-8-14(20(22)23)10-15(9-13)26(24,25)19-11-16(21)18-7-6-12-4-2-1-3-5-12/h1-5,8-10,19H,6-7,11H2,(H,18,21). The van der Waals surface area contributed by atoms with Crippen LogP contribution in [0.3, 0.4) is 0 Å². The van der Waals surface area contributed by atoms with Crippen LogP contribution in [0.15, 0.2) is 57.9 Å². The highest BCUT2D eigenvalue weighted by atomic mass is 79.9. The van der Waals surface area contributed by atoms with Crippen LogP contribution in [0.25, 0.3) is 0 Å². The molecule has 0 fully saturated rings. The molecule has 0 aliphatic heterocycles. The molecule has 8 nitrogen and oxygen atoms in total. The van der Waals surface area contributed by atoms with Crippen molar-refractivity contribution < 1.29 is 18.1 Å². The minimum atomic E-state index is -4.06. The van der Waals surface area contributed by atoms with Crippen LogP contribution in [0.4, 0.5) is 5.69 Å². The van der Waals surface area contributed by atoms with Gasteiger partial charge in [0.05, 0.1) is 16.4 Å². The van der Waals surface area contributed by atoms with Crippen LogP contribution in [-0.2, 0) is 21.2 Å². The van der Waals surface area contributed by atoms with Crippen molar-refractivity contribution in [1.82, 2.24) is 10.0 Å². The Morgan fingerprint density at radius 2 is 1.85 bits per heavy atom. The molecule has 2 N–H and O–H groups in total. The van der Waals surface area contributed by atoms with Gasteiger partial charge in [-0.05, 0) is 18.1 Å². The van der Waals surface area contributed by atoms with Gasteiger partial charge in [0.25, 0.3) is 5.69 Å². The molecule has 10 heteroatoms. The van der Waals surface area contributed by atoms with Gasteiger partial charge in [-0.15, -0.1) is 0 Å². The fraction of sp³-hybridized carbons (Fsp3) is 0.188. The zero-order chi connectivity index (χ0) is 19.2. The average Bonchev–Trinajstić information content (AvgIpc) is 2.60. The second-order valence-corrected chi connectivity index (χ2v) is 7.99. The van der Waals surface area contributed by atoms with E-state index in [1.807, 2.05) is 30.3 Å². The van der Waals surface area contributed by atoms with Gasteiger partial charge in [0.2, 0.25) is 15.9 Å². The fourth-order valence-corrected chi connectivity index (χ4v) is 3.78. The summed E-state index contributed by atoms with van der Waals surface area (Å²) >= 11 is 3.03. The number of nitro benzene ring substituents is 1. The van der Waals surface area contributed by atoms with Crippen LogP contribution < -0.4 is 10.0 Å². The van der Waals surface area contributed by atoms with Gasteiger partial charge in [-0.3, -0.25) is 14.9 Å². The van der Waals surface area contributed by atoms with Gasteiger partial charge in [-0.1, -0.05) is 46.3 Å². The molecular weight excluding hydrogens is 426 g/mol. The topological polar surface area (TPSA) is 118 Å². The van der Waals surface area contributed by atoms with E-state index in [1.54, 1.807) is 0 Å². The summed E-state index contributed by atoms with van der Waals surface area (Å²) in [6, 6.07) is 12.9. The van der Waals surface area contributed by atoms with Crippen molar-refractivity contribution in [1.29, 1.82) is 0 Å². The predicted octanol–water partition coefficient (Wildman–Crippen LogP) is 1.99. The molecular formula is C16H16BrN3O5S. The smallest absolute Gasteiger partial charge is 0.271 e. The number of hydrogen-bond donors (Lipinski definition) is 2. The number of nitrogens with zero attached hydrogens (tertiary/aromatic N) is 1. The predicted molar refractivity (Wildman–Crippen MR) is 99.1 cm³/mol. The maximum Gasteiger partial charge on any atom is 0.271 e. The Bertz CT molecular complexity index is 903. The van der Waals surface area contributed by atoms with Crippen molar-refractivity contribution in [2.24, 2.45) is 0 Å². The van der Waals surface area contributed by atoms with Crippen LogP contribution in [-0.4, -0.2) is 32.3 Å². The van der Waals surface area contributed by atoms with Gasteiger partial charge in [-0.25, -0.2) is 13.1 Å².